The van der Waals surface area contributed by atoms with Crippen LogP contribution < -0.4 is 10.6 Å². The molecule has 2 amide bonds. The molecule has 0 radical (unpaired) electrons. The second kappa shape index (κ2) is 7.69. The predicted octanol–water partition coefficient (Wildman–Crippen LogP) is 5.77. The van der Waals surface area contributed by atoms with Crippen LogP contribution in [0.2, 0.25) is 0 Å². The van der Waals surface area contributed by atoms with E-state index in [0.717, 1.165) is 54.4 Å². The number of fused-ring (bicyclic) bond motifs is 3. The molecule has 0 aliphatic heterocycles. The molecule has 1 aromatic heterocycles. The van der Waals surface area contributed by atoms with E-state index in [0.29, 0.717) is 10.7 Å². The van der Waals surface area contributed by atoms with Crippen molar-refractivity contribution in [2.45, 2.75) is 38.5 Å². The fourth-order valence-electron chi connectivity index (χ4n) is 4.59. The summed E-state index contributed by atoms with van der Waals surface area (Å²) in [6.07, 6.45) is 8.35. The van der Waals surface area contributed by atoms with Gasteiger partial charge in [-0.05, 0) is 68.9 Å². The number of nitrogens with zero attached hydrogens (tertiary/aromatic N) is 1. The van der Waals surface area contributed by atoms with E-state index in [2.05, 4.69) is 21.7 Å². The number of amides is 2. The number of thiazole rings is 1. The first-order valence-electron chi connectivity index (χ1n) is 10.4. The highest BCUT2D eigenvalue weighted by Gasteiger charge is 2.42. The molecule has 1 saturated carbocycles. The molecule has 2 aromatic carbocycles. The van der Waals surface area contributed by atoms with Gasteiger partial charge in [-0.2, -0.15) is 0 Å². The summed E-state index contributed by atoms with van der Waals surface area (Å²) < 4.78 is 0.932. The van der Waals surface area contributed by atoms with Gasteiger partial charge in [-0.1, -0.05) is 41.2 Å². The molecule has 2 aliphatic rings. The molecule has 5 rings (SSSR count). The van der Waals surface area contributed by atoms with Crippen molar-refractivity contribution in [3.05, 3.63) is 65.7 Å². The Bertz CT molecular complexity index is 1150. The second-order valence-corrected chi connectivity index (χ2v) is 9.22. The standard InChI is InChI=1S/C24H23N3O2S/c28-21(17-8-2-1-3-9-17)27-23-26-19-11-10-18(14-20(19)30-23)25-22(29)24-12-4-6-16(15-24)7-5-13-24/h1-3,6,8-11,14H,4-5,7,12-13,15H2,(H,25,29)(H,26,27,28). The van der Waals surface area contributed by atoms with Crippen LogP contribution in [0.5, 0.6) is 0 Å². The van der Waals surface area contributed by atoms with Crippen molar-refractivity contribution in [3.8, 4) is 0 Å². The fraction of sp³-hybridized carbons (Fsp3) is 0.292. The van der Waals surface area contributed by atoms with E-state index in [-0.39, 0.29) is 17.2 Å². The Hall–Kier alpha value is -2.99. The average Bonchev–Trinajstić information content (AvgIpc) is 3.16. The van der Waals surface area contributed by atoms with Gasteiger partial charge in [0.1, 0.15) is 0 Å². The molecule has 1 fully saturated rings. The monoisotopic (exact) mass is 417 g/mol. The molecule has 2 aliphatic carbocycles. The van der Waals surface area contributed by atoms with Crippen LogP contribution >= 0.6 is 11.3 Å². The van der Waals surface area contributed by atoms with E-state index in [9.17, 15) is 9.59 Å². The lowest BCUT2D eigenvalue weighted by Gasteiger charge is -2.39. The first-order valence-corrected chi connectivity index (χ1v) is 11.2. The lowest BCUT2D eigenvalue weighted by molar-refractivity contribution is -0.127. The topological polar surface area (TPSA) is 71.1 Å². The molecule has 30 heavy (non-hydrogen) atoms. The van der Waals surface area contributed by atoms with Crippen LogP contribution in [0, 0.1) is 5.41 Å². The van der Waals surface area contributed by atoms with Crippen LogP contribution in [0.4, 0.5) is 10.8 Å². The smallest absolute Gasteiger partial charge is 0.257 e. The summed E-state index contributed by atoms with van der Waals surface area (Å²) >= 11 is 1.41. The molecular formula is C24H23N3O2S. The Labute approximate surface area is 179 Å². The van der Waals surface area contributed by atoms with Crippen LogP contribution in [0.1, 0.15) is 48.9 Å². The van der Waals surface area contributed by atoms with Gasteiger partial charge in [-0.3, -0.25) is 14.9 Å². The number of nitrogens with one attached hydrogen (secondary N) is 2. The molecular weight excluding hydrogens is 394 g/mol. The summed E-state index contributed by atoms with van der Waals surface area (Å²) in [5, 5.41) is 6.56. The molecule has 6 heteroatoms. The fourth-order valence-corrected chi connectivity index (χ4v) is 5.49. The SMILES string of the molecule is O=C(Nc1nc2ccc(NC(=O)C34CCC=C(CCC3)C4)cc2s1)c1ccccc1. The van der Waals surface area contributed by atoms with E-state index in [1.807, 2.05) is 36.4 Å². The first kappa shape index (κ1) is 19.0. The van der Waals surface area contributed by atoms with E-state index < -0.39 is 0 Å². The van der Waals surface area contributed by atoms with Crippen LogP contribution in [-0.4, -0.2) is 16.8 Å². The van der Waals surface area contributed by atoms with Gasteiger partial charge in [-0.15, -0.1) is 0 Å². The van der Waals surface area contributed by atoms with E-state index in [1.54, 1.807) is 12.1 Å². The van der Waals surface area contributed by atoms with Crippen LogP contribution in [0.15, 0.2) is 60.2 Å². The summed E-state index contributed by atoms with van der Waals surface area (Å²) in [5.41, 5.74) is 3.38. The molecule has 0 saturated heterocycles. The number of rotatable bonds is 4. The van der Waals surface area contributed by atoms with Gasteiger partial charge in [0.2, 0.25) is 5.91 Å². The highest BCUT2D eigenvalue weighted by atomic mass is 32.1. The summed E-state index contributed by atoms with van der Waals surface area (Å²) in [6, 6.07) is 14.8. The number of allylic oxidation sites excluding steroid dienone is 2. The number of aromatic nitrogens is 1. The van der Waals surface area contributed by atoms with Gasteiger partial charge in [-0.25, -0.2) is 4.98 Å². The minimum atomic E-state index is -0.250. The van der Waals surface area contributed by atoms with Gasteiger partial charge >= 0.3 is 0 Å². The van der Waals surface area contributed by atoms with Crippen molar-refractivity contribution in [1.29, 1.82) is 0 Å². The Morgan fingerprint density at radius 3 is 2.77 bits per heavy atom. The summed E-state index contributed by atoms with van der Waals surface area (Å²) in [6.45, 7) is 0. The molecule has 3 aromatic rings. The van der Waals surface area contributed by atoms with Crippen molar-refractivity contribution in [2.75, 3.05) is 10.6 Å². The Morgan fingerprint density at radius 2 is 1.90 bits per heavy atom. The number of anilines is 2. The lowest BCUT2D eigenvalue weighted by atomic mass is 9.65. The number of carbonyl (C=O) groups is 2. The van der Waals surface area contributed by atoms with Gasteiger partial charge < -0.3 is 5.32 Å². The van der Waals surface area contributed by atoms with Gasteiger partial charge in [0, 0.05) is 11.3 Å². The Morgan fingerprint density at radius 1 is 1.03 bits per heavy atom. The maximum atomic E-state index is 13.1. The molecule has 2 bridgehead atoms. The molecule has 1 atom stereocenters. The molecule has 1 heterocycles. The zero-order chi connectivity index (χ0) is 20.6. The number of hydrogen-bond donors (Lipinski definition) is 2. The number of hydrogen-bond acceptors (Lipinski definition) is 4. The first-order chi connectivity index (χ1) is 14.6. The zero-order valence-electron chi connectivity index (χ0n) is 16.6. The minimum absolute atomic E-state index is 0.134. The normalized spacial score (nSPS) is 20.5. The lowest BCUT2D eigenvalue weighted by Crippen LogP contribution is -2.40. The summed E-state index contributed by atoms with van der Waals surface area (Å²) in [5.74, 6) is -0.0463. The van der Waals surface area contributed by atoms with E-state index in [1.165, 1.54) is 16.9 Å². The highest BCUT2D eigenvalue weighted by molar-refractivity contribution is 7.22. The predicted molar refractivity (Wildman–Crippen MR) is 121 cm³/mol. The summed E-state index contributed by atoms with van der Waals surface area (Å²) in [4.78, 5) is 30.0. The van der Waals surface area contributed by atoms with Crippen LogP contribution in [0.3, 0.4) is 0 Å². The quantitative estimate of drug-likeness (QED) is 0.530. The largest absolute Gasteiger partial charge is 0.326 e. The van der Waals surface area contributed by atoms with Gasteiger partial charge in [0.05, 0.1) is 15.6 Å². The van der Waals surface area contributed by atoms with Gasteiger partial charge in [0.25, 0.3) is 5.91 Å². The molecule has 152 valence electrons. The third kappa shape index (κ3) is 3.63. The second-order valence-electron chi connectivity index (χ2n) is 8.19. The minimum Gasteiger partial charge on any atom is -0.326 e. The number of carbonyl (C=O) groups excluding carboxylic acids is 2. The maximum Gasteiger partial charge on any atom is 0.257 e. The van der Waals surface area contributed by atoms with Crippen molar-refractivity contribution >= 4 is 44.2 Å². The third-order valence-corrected chi connectivity index (χ3v) is 7.09. The Balaban J connectivity index is 1.32. The Kier molecular flexibility index (Phi) is 4.87. The number of benzene rings is 2. The van der Waals surface area contributed by atoms with Crippen molar-refractivity contribution in [1.82, 2.24) is 4.98 Å². The highest BCUT2D eigenvalue weighted by Crippen LogP contribution is 2.47. The van der Waals surface area contributed by atoms with Crippen LogP contribution in [-0.2, 0) is 4.79 Å². The molecule has 5 nitrogen and oxygen atoms in total. The van der Waals surface area contributed by atoms with Crippen molar-refractivity contribution in [3.63, 3.8) is 0 Å². The van der Waals surface area contributed by atoms with Crippen LogP contribution in [0.25, 0.3) is 10.2 Å². The molecule has 2 N–H and O–H groups in total. The summed E-state index contributed by atoms with van der Waals surface area (Å²) in [7, 11) is 0. The molecule has 1 unspecified atom stereocenters. The zero-order valence-corrected chi connectivity index (χ0v) is 17.4. The van der Waals surface area contributed by atoms with Gasteiger partial charge in [0.15, 0.2) is 5.13 Å². The van der Waals surface area contributed by atoms with Crippen molar-refractivity contribution in [2.24, 2.45) is 5.41 Å². The average molecular weight is 418 g/mol. The maximum absolute atomic E-state index is 13.1. The van der Waals surface area contributed by atoms with Crippen molar-refractivity contribution < 1.29 is 9.59 Å². The molecule has 0 spiro atoms. The van der Waals surface area contributed by atoms with E-state index >= 15 is 0 Å². The van der Waals surface area contributed by atoms with E-state index in [4.69, 9.17) is 0 Å². The third-order valence-electron chi connectivity index (χ3n) is 6.16.